The lowest BCUT2D eigenvalue weighted by atomic mass is 10.1. The van der Waals surface area contributed by atoms with Crippen LogP contribution in [0.25, 0.3) is 0 Å². The SMILES string of the molecule is CCNc1ncc(Br)cc1C(=O)NCCC1CCOC1. The van der Waals surface area contributed by atoms with Gasteiger partial charge in [-0.15, -0.1) is 0 Å². The van der Waals surface area contributed by atoms with Crippen LogP contribution in [0.4, 0.5) is 5.82 Å². The number of aromatic nitrogens is 1. The van der Waals surface area contributed by atoms with Gasteiger partial charge in [0.2, 0.25) is 0 Å². The summed E-state index contributed by atoms with van der Waals surface area (Å²) in [5.41, 5.74) is 0.573. The lowest BCUT2D eigenvalue weighted by molar-refractivity contribution is 0.0951. The van der Waals surface area contributed by atoms with Gasteiger partial charge in [-0.05, 0) is 47.7 Å². The summed E-state index contributed by atoms with van der Waals surface area (Å²) >= 11 is 3.35. The van der Waals surface area contributed by atoms with Crippen molar-refractivity contribution in [1.82, 2.24) is 10.3 Å². The number of carbonyl (C=O) groups is 1. The summed E-state index contributed by atoms with van der Waals surface area (Å²) in [4.78, 5) is 16.5. The number of amides is 1. The molecule has 0 spiro atoms. The Kier molecular flexibility index (Phi) is 5.79. The second-order valence-corrected chi connectivity index (χ2v) is 5.77. The second kappa shape index (κ2) is 7.59. The Hall–Kier alpha value is -1.14. The van der Waals surface area contributed by atoms with E-state index >= 15 is 0 Å². The van der Waals surface area contributed by atoms with Crippen molar-refractivity contribution >= 4 is 27.7 Å². The monoisotopic (exact) mass is 341 g/mol. The van der Waals surface area contributed by atoms with Crippen molar-refractivity contribution < 1.29 is 9.53 Å². The summed E-state index contributed by atoms with van der Waals surface area (Å²) in [6.07, 6.45) is 3.74. The van der Waals surface area contributed by atoms with E-state index < -0.39 is 0 Å². The third-order valence-electron chi connectivity index (χ3n) is 3.31. The molecule has 0 radical (unpaired) electrons. The first-order valence-electron chi connectivity index (χ1n) is 6.96. The van der Waals surface area contributed by atoms with Crippen LogP contribution in [-0.2, 0) is 4.74 Å². The number of anilines is 1. The molecule has 1 aromatic rings. The molecule has 0 saturated carbocycles. The van der Waals surface area contributed by atoms with Crippen LogP contribution < -0.4 is 10.6 Å². The van der Waals surface area contributed by atoms with Crippen molar-refractivity contribution in [1.29, 1.82) is 0 Å². The molecule has 1 aliphatic heterocycles. The highest BCUT2D eigenvalue weighted by Gasteiger charge is 2.17. The van der Waals surface area contributed by atoms with Gasteiger partial charge in [0.15, 0.2) is 0 Å². The van der Waals surface area contributed by atoms with E-state index in [0.717, 1.165) is 37.1 Å². The molecule has 6 heteroatoms. The highest BCUT2D eigenvalue weighted by atomic mass is 79.9. The van der Waals surface area contributed by atoms with Crippen molar-refractivity contribution in [3.63, 3.8) is 0 Å². The zero-order valence-electron chi connectivity index (χ0n) is 11.6. The van der Waals surface area contributed by atoms with Crippen LogP contribution in [0.2, 0.25) is 0 Å². The maximum atomic E-state index is 12.2. The molecule has 1 fully saturated rings. The van der Waals surface area contributed by atoms with Gasteiger partial charge < -0.3 is 15.4 Å². The lowest BCUT2D eigenvalue weighted by Crippen LogP contribution is -2.27. The van der Waals surface area contributed by atoms with Crippen LogP contribution in [0.5, 0.6) is 0 Å². The third kappa shape index (κ3) is 4.18. The number of nitrogens with one attached hydrogen (secondary N) is 2. The highest BCUT2D eigenvalue weighted by molar-refractivity contribution is 9.10. The fourth-order valence-corrected chi connectivity index (χ4v) is 2.55. The predicted octanol–water partition coefficient (Wildman–Crippen LogP) is 2.43. The van der Waals surface area contributed by atoms with Crippen molar-refractivity contribution in [2.75, 3.05) is 31.6 Å². The van der Waals surface area contributed by atoms with Crippen LogP contribution in [0, 0.1) is 5.92 Å². The molecule has 1 aliphatic rings. The Morgan fingerprint density at radius 2 is 2.45 bits per heavy atom. The summed E-state index contributed by atoms with van der Waals surface area (Å²) in [5, 5.41) is 6.06. The maximum Gasteiger partial charge on any atom is 0.255 e. The molecule has 1 aromatic heterocycles. The number of ether oxygens (including phenoxy) is 1. The summed E-state index contributed by atoms with van der Waals surface area (Å²) in [5.74, 6) is 1.11. The molecule has 1 atom stereocenters. The van der Waals surface area contributed by atoms with Crippen LogP contribution in [-0.4, -0.2) is 37.2 Å². The second-order valence-electron chi connectivity index (χ2n) is 4.85. The number of hydrogen-bond acceptors (Lipinski definition) is 4. The normalized spacial score (nSPS) is 18.0. The largest absolute Gasteiger partial charge is 0.381 e. The van der Waals surface area contributed by atoms with Gasteiger partial charge >= 0.3 is 0 Å². The van der Waals surface area contributed by atoms with Gasteiger partial charge in [0.25, 0.3) is 5.91 Å². The Morgan fingerprint density at radius 1 is 1.60 bits per heavy atom. The Bertz CT molecular complexity index is 462. The average Bonchev–Trinajstić information content (AvgIpc) is 2.94. The van der Waals surface area contributed by atoms with E-state index in [4.69, 9.17) is 4.74 Å². The number of carbonyl (C=O) groups excluding carboxylic acids is 1. The van der Waals surface area contributed by atoms with E-state index in [1.807, 2.05) is 6.92 Å². The van der Waals surface area contributed by atoms with Gasteiger partial charge in [0, 0.05) is 37.0 Å². The zero-order valence-corrected chi connectivity index (χ0v) is 13.2. The quantitative estimate of drug-likeness (QED) is 0.834. The molecule has 110 valence electrons. The molecule has 20 heavy (non-hydrogen) atoms. The molecule has 0 aliphatic carbocycles. The summed E-state index contributed by atoms with van der Waals surface area (Å²) in [7, 11) is 0. The zero-order chi connectivity index (χ0) is 14.4. The first-order chi connectivity index (χ1) is 9.70. The summed E-state index contributed by atoms with van der Waals surface area (Å²) in [6.45, 7) is 5.04. The molecule has 0 bridgehead atoms. The lowest BCUT2D eigenvalue weighted by Gasteiger charge is -2.12. The minimum absolute atomic E-state index is 0.0892. The first kappa shape index (κ1) is 15.3. The van der Waals surface area contributed by atoms with E-state index in [-0.39, 0.29) is 5.91 Å². The van der Waals surface area contributed by atoms with E-state index in [0.29, 0.717) is 23.8 Å². The van der Waals surface area contributed by atoms with Crippen molar-refractivity contribution in [2.45, 2.75) is 19.8 Å². The van der Waals surface area contributed by atoms with Crippen LogP contribution in [0.15, 0.2) is 16.7 Å². The van der Waals surface area contributed by atoms with Crippen LogP contribution in [0.3, 0.4) is 0 Å². The minimum atomic E-state index is -0.0892. The molecule has 5 nitrogen and oxygen atoms in total. The number of pyridine rings is 1. The van der Waals surface area contributed by atoms with E-state index in [2.05, 4.69) is 31.5 Å². The van der Waals surface area contributed by atoms with Gasteiger partial charge in [-0.2, -0.15) is 0 Å². The number of rotatable bonds is 6. The standard InChI is InChI=1S/C14H20BrN3O2/c1-2-16-13-12(7-11(15)8-18-13)14(19)17-5-3-10-4-6-20-9-10/h7-8,10H,2-6,9H2,1H3,(H,16,18)(H,17,19). The topological polar surface area (TPSA) is 63.2 Å². The summed E-state index contributed by atoms with van der Waals surface area (Å²) in [6, 6.07) is 1.79. The fourth-order valence-electron chi connectivity index (χ4n) is 2.22. The minimum Gasteiger partial charge on any atom is -0.381 e. The molecule has 1 amide bonds. The van der Waals surface area contributed by atoms with Crippen molar-refractivity contribution in [3.05, 3.63) is 22.3 Å². The number of hydrogen-bond donors (Lipinski definition) is 2. The van der Waals surface area contributed by atoms with E-state index in [1.165, 1.54) is 0 Å². The molecule has 2 heterocycles. The van der Waals surface area contributed by atoms with E-state index in [9.17, 15) is 4.79 Å². The Labute approximate surface area is 127 Å². The summed E-state index contributed by atoms with van der Waals surface area (Å²) < 4.78 is 6.13. The smallest absolute Gasteiger partial charge is 0.255 e. The van der Waals surface area contributed by atoms with Gasteiger partial charge in [-0.3, -0.25) is 4.79 Å². The Morgan fingerprint density at radius 3 is 3.15 bits per heavy atom. The van der Waals surface area contributed by atoms with Crippen LogP contribution >= 0.6 is 15.9 Å². The highest BCUT2D eigenvalue weighted by Crippen LogP contribution is 2.18. The fraction of sp³-hybridized carbons (Fsp3) is 0.571. The van der Waals surface area contributed by atoms with Gasteiger partial charge in [0.1, 0.15) is 5.82 Å². The molecule has 0 aromatic carbocycles. The van der Waals surface area contributed by atoms with Gasteiger partial charge in [0.05, 0.1) is 5.56 Å². The molecule has 2 N–H and O–H groups in total. The Balaban J connectivity index is 1.91. The van der Waals surface area contributed by atoms with Crippen molar-refractivity contribution in [2.24, 2.45) is 5.92 Å². The predicted molar refractivity (Wildman–Crippen MR) is 82.0 cm³/mol. The number of nitrogens with zero attached hydrogens (tertiary/aromatic N) is 1. The third-order valence-corrected chi connectivity index (χ3v) is 3.74. The number of halogens is 1. The molecular weight excluding hydrogens is 322 g/mol. The maximum absolute atomic E-state index is 12.2. The van der Waals surface area contributed by atoms with E-state index in [1.54, 1.807) is 12.3 Å². The first-order valence-corrected chi connectivity index (χ1v) is 7.75. The molecule has 1 unspecified atom stereocenters. The molecule has 2 rings (SSSR count). The average molecular weight is 342 g/mol. The van der Waals surface area contributed by atoms with Crippen molar-refractivity contribution in [3.8, 4) is 0 Å². The van der Waals surface area contributed by atoms with Crippen LogP contribution in [0.1, 0.15) is 30.1 Å². The van der Waals surface area contributed by atoms with Gasteiger partial charge in [-0.1, -0.05) is 0 Å². The van der Waals surface area contributed by atoms with Gasteiger partial charge in [-0.25, -0.2) is 4.98 Å². The molecule has 1 saturated heterocycles. The molecular formula is C14H20BrN3O2.